The van der Waals surface area contributed by atoms with E-state index in [4.69, 9.17) is 9.47 Å². The average Bonchev–Trinajstić information content (AvgIpc) is 2.66. The number of carbonyl (C=O) groups excluding carboxylic acids is 1. The number of likely N-dealkylation sites (tertiary alicyclic amines) is 1. The number of ether oxygens (including phenoxy) is 2. The van der Waals surface area contributed by atoms with Gasteiger partial charge in [0.25, 0.3) is 0 Å². The highest BCUT2D eigenvalue weighted by molar-refractivity contribution is 5.78. The molecule has 1 aromatic carbocycles. The molecule has 2 atom stereocenters. The predicted octanol–water partition coefficient (Wildman–Crippen LogP) is 3.27. The summed E-state index contributed by atoms with van der Waals surface area (Å²) in [7, 11) is 3.37. The van der Waals surface area contributed by atoms with E-state index in [2.05, 4.69) is 28.9 Å². The number of hydrogen-bond donors (Lipinski definition) is 0. The minimum atomic E-state index is 0.0741. The van der Waals surface area contributed by atoms with Crippen LogP contribution in [-0.4, -0.2) is 55.6 Å². The minimum Gasteiger partial charge on any atom is -0.493 e. The third-order valence-electron chi connectivity index (χ3n) is 5.90. The number of piperidine rings is 1. The molecule has 0 unspecified atom stereocenters. The Bertz CT molecular complexity index is 659. The Labute approximate surface area is 157 Å². The van der Waals surface area contributed by atoms with Crippen LogP contribution in [0.2, 0.25) is 0 Å². The molecule has 0 saturated carbocycles. The molecular formula is C21H32N2O3. The first-order valence-corrected chi connectivity index (χ1v) is 9.75. The minimum absolute atomic E-state index is 0.0741. The molecule has 1 saturated heterocycles. The van der Waals surface area contributed by atoms with Crippen LogP contribution in [0.4, 0.5) is 0 Å². The summed E-state index contributed by atoms with van der Waals surface area (Å²) in [5.41, 5.74) is 2.67. The molecule has 5 nitrogen and oxygen atoms in total. The summed E-state index contributed by atoms with van der Waals surface area (Å²) in [5, 5.41) is 0. The number of nitrogens with zero attached hydrogens (tertiary/aromatic N) is 2. The Balaban J connectivity index is 1.80. The molecule has 3 rings (SSSR count). The molecule has 0 bridgehead atoms. The van der Waals surface area contributed by atoms with Gasteiger partial charge in [0.15, 0.2) is 11.5 Å². The van der Waals surface area contributed by atoms with Crippen molar-refractivity contribution in [3.63, 3.8) is 0 Å². The van der Waals surface area contributed by atoms with Gasteiger partial charge in [-0.1, -0.05) is 13.8 Å². The van der Waals surface area contributed by atoms with Gasteiger partial charge in [0.1, 0.15) is 0 Å². The normalized spacial score (nSPS) is 23.7. The van der Waals surface area contributed by atoms with Crippen molar-refractivity contribution in [3.8, 4) is 11.5 Å². The fourth-order valence-corrected chi connectivity index (χ4v) is 4.45. The molecule has 2 aliphatic rings. The molecule has 0 aromatic heterocycles. The summed E-state index contributed by atoms with van der Waals surface area (Å²) >= 11 is 0. The highest BCUT2D eigenvalue weighted by Crippen LogP contribution is 2.39. The van der Waals surface area contributed by atoms with Crippen molar-refractivity contribution in [2.24, 2.45) is 5.92 Å². The molecule has 0 N–H and O–H groups in total. The van der Waals surface area contributed by atoms with E-state index in [0.29, 0.717) is 12.1 Å². The Morgan fingerprint density at radius 2 is 1.85 bits per heavy atom. The standard InChI is InChI=1S/C21H32N2O3/c1-14(2)21(24)22-9-6-7-17(13-22)23-10-8-16-11-19(25-4)20(26-5)12-18(16)15(23)3/h11-12,14-15,17H,6-10,13H2,1-5H3/t15-,17+/m0/s1. The molecule has 1 aromatic rings. The lowest BCUT2D eigenvalue weighted by Crippen LogP contribution is -2.52. The van der Waals surface area contributed by atoms with Crippen molar-refractivity contribution in [2.45, 2.75) is 52.1 Å². The summed E-state index contributed by atoms with van der Waals surface area (Å²) in [4.78, 5) is 17.1. The Morgan fingerprint density at radius 3 is 2.50 bits per heavy atom. The first-order chi connectivity index (χ1) is 12.5. The molecule has 1 fully saturated rings. The maximum absolute atomic E-state index is 12.4. The van der Waals surface area contributed by atoms with E-state index in [-0.39, 0.29) is 11.8 Å². The Kier molecular flexibility index (Phi) is 5.76. The van der Waals surface area contributed by atoms with Crippen LogP contribution in [0.5, 0.6) is 11.5 Å². The van der Waals surface area contributed by atoms with E-state index in [0.717, 1.165) is 50.4 Å². The van der Waals surface area contributed by atoms with E-state index in [9.17, 15) is 4.79 Å². The van der Waals surface area contributed by atoms with Gasteiger partial charge in [0.05, 0.1) is 14.2 Å². The van der Waals surface area contributed by atoms with Gasteiger partial charge in [-0.2, -0.15) is 0 Å². The van der Waals surface area contributed by atoms with Crippen molar-refractivity contribution in [2.75, 3.05) is 33.9 Å². The zero-order valence-electron chi connectivity index (χ0n) is 16.7. The van der Waals surface area contributed by atoms with Crippen LogP contribution >= 0.6 is 0 Å². The smallest absolute Gasteiger partial charge is 0.225 e. The van der Waals surface area contributed by atoms with Crippen molar-refractivity contribution in [1.29, 1.82) is 0 Å². The van der Waals surface area contributed by atoms with Gasteiger partial charge < -0.3 is 14.4 Å². The van der Waals surface area contributed by atoms with Crippen LogP contribution < -0.4 is 9.47 Å². The monoisotopic (exact) mass is 360 g/mol. The molecule has 0 aliphatic carbocycles. The topological polar surface area (TPSA) is 42.0 Å². The summed E-state index contributed by atoms with van der Waals surface area (Å²) in [6, 6.07) is 5.00. The van der Waals surface area contributed by atoms with Crippen LogP contribution in [0.15, 0.2) is 12.1 Å². The third-order valence-corrected chi connectivity index (χ3v) is 5.90. The van der Waals surface area contributed by atoms with Crippen LogP contribution in [0.3, 0.4) is 0 Å². The van der Waals surface area contributed by atoms with E-state index in [1.54, 1.807) is 14.2 Å². The molecule has 0 radical (unpaired) electrons. The van der Waals surface area contributed by atoms with Crippen molar-refractivity contribution in [3.05, 3.63) is 23.3 Å². The number of amides is 1. The lowest BCUT2D eigenvalue weighted by Gasteiger charge is -2.45. The summed E-state index contributed by atoms with van der Waals surface area (Å²) in [5.74, 6) is 1.95. The van der Waals surface area contributed by atoms with Gasteiger partial charge >= 0.3 is 0 Å². The lowest BCUT2D eigenvalue weighted by atomic mass is 9.90. The Hall–Kier alpha value is -1.75. The van der Waals surface area contributed by atoms with E-state index in [1.807, 2.05) is 13.8 Å². The first-order valence-electron chi connectivity index (χ1n) is 9.75. The highest BCUT2D eigenvalue weighted by Gasteiger charge is 2.34. The van der Waals surface area contributed by atoms with Gasteiger partial charge in [0.2, 0.25) is 5.91 Å². The van der Waals surface area contributed by atoms with Crippen LogP contribution in [0.1, 0.15) is 50.8 Å². The van der Waals surface area contributed by atoms with Gasteiger partial charge in [-0.3, -0.25) is 9.69 Å². The molecule has 144 valence electrons. The largest absolute Gasteiger partial charge is 0.493 e. The second-order valence-electron chi connectivity index (χ2n) is 7.80. The number of benzene rings is 1. The van der Waals surface area contributed by atoms with Gasteiger partial charge in [-0.05, 0) is 49.4 Å². The number of hydrogen-bond acceptors (Lipinski definition) is 4. The van der Waals surface area contributed by atoms with E-state index in [1.165, 1.54) is 11.1 Å². The van der Waals surface area contributed by atoms with Crippen LogP contribution in [0, 0.1) is 5.92 Å². The Morgan fingerprint density at radius 1 is 1.15 bits per heavy atom. The third kappa shape index (κ3) is 3.54. The highest BCUT2D eigenvalue weighted by atomic mass is 16.5. The van der Waals surface area contributed by atoms with E-state index < -0.39 is 0 Å². The zero-order chi connectivity index (χ0) is 18.8. The molecule has 2 heterocycles. The molecule has 1 amide bonds. The van der Waals surface area contributed by atoms with Gasteiger partial charge in [0, 0.05) is 37.6 Å². The van der Waals surface area contributed by atoms with Crippen molar-refractivity contribution >= 4 is 5.91 Å². The maximum atomic E-state index is 12.4. The first kappa shape index (κ1) is 19.0. The number of fused-ring (bicyclic) bond motifs is 1. The summed E-state index contributed by atoms with van der Waals surface area (Å²) in [6.07, 6.45) is 3.26. The number of carbonyl (C=O) groups is 1. The SMILES string of the molecule is COc1cc2c(cc1OC)[C@H](C)N([C@@H]1CCCN(C(=O)C(C)C)C1)CC2. The fourth-order valence-electron chi connectivity index (χ4n) is 4.45. The molecule has 0 spiro atoms. The predicted molar refractivity (Wildman–Crippen MR) is 103 cm³/mol. The summed E-state index contributed by atoms with van der Waals surface area (Å²) in [6.45, 7) is 9.03. The molecule has 5 heteroatoms. The van der Waals surface area contributed by atoms with Crippen molar-refractivity contribution < 1.29 is 14.3 Å². The molecule has 2 aliphatic heterocycles. The zero-order valence-corrected chi connectivity index (χ0v) is 16.7. The second-order valence-corrected chi connectivity index (χ2v) is 7.80. The average molecular weight is 360 g/mol. The van der Waals surface area contributed by atoms with E-state index >= 15 is 0 Å². The summed E-state index contributed by atoms with van der Waals surface area (Å²) < 4.78 is 11.0. The quantitative estimate of drug-likeness (QED) is 0.826. The molecular weight excluding hydrogens is 328 g/mol. The van der Waals surface area contributed by atoms with Crippen LogP contribution in [0.25, 0.3) is 0 Å². The van der Waals surface area contributed by atoms with Gasteiger partial charge in [-0.25, -0.2) is 0 Å². The number of methoxy groups -OCH3 is 2. The molecule has 26 heavy (non-hydrogen) atoms. The van der Waals surface area contributed by atoms with Gasteiger partial charge in [-0.15, -0.1) is 0 Å². The fraction of sp³-hybridized carbons (Fsp3) is 0.667. The lowest BCUT2D eigenvalue weighted by molar-refractivity contribution is -0.136. The number of rotatable bonds is 4. The van der Waals surface area contributed by atoms with Crippen LogP contribution in [-0.2, 0) is 11.2 Å². The van der Waals surface area contributed by atoms with Crippen molar-refractivity contribution in [1.82, 2.24) is 9.80 Å². The second kappa shape index (κ2) is 7.87. The maximum Gasteiger partial charge on any atom is 0.225 e.